The highest BCUT2D eigenvalue weighted by Crippen LogP contribution is 2.31. The predicted octanol–water partition coefficient (Wildman–Crippen LogP) is 3.55. The van der Waals surface area contributed by atoms with Crippen LogP contribution < -0.4 is 5.43 Å². The van der Waals surface area contributed by atoms with Gasteiger partial charge in [-0.25, -0.2) is 9.99 Å². The minimum absolute atomic E-state index is 0.392. The van der Waals surface area contributed by atoms with Crippen LogP contribution in [-0.2, 0) is 0 Å². The molecule has 94 valence electrons. The number of nitrogens with zero attached hydrogens (tertiary/aromatic N) is 2. The minimum Gasteiger partial charge on any atom is -0.258 e. The molecule has 5 heteroatoms. The van der Waals surface area contributed by atoms with Crippen molar-refractivity contribution < 1.29 is 0 Å². The van der Waals surface area contributed by atoms with Gasteiger partial charge in [-0.3, -0.25) is 5.43 Å². The minimum atomic E-state index is 0.392. The summed E-state index contributed by atoms with van der Waals surface area (Å²) in [5, 5.41) is 2.82. The SMILES string of the molecule is CNN1CCCCC[C@H]1c1cnc(Cl)c(Br)c1. The molecule has 1 atom stereocenters. The van der Waals surface area contributed by atoms with E-state index in [1.165, 1.54) is 24.8 Å². The molecule has 1 fully saturated rings. The summed E-state index contributed by atoms with van der Waals surface area (Å²) in [4.78, 5) is 4.22. The standard InChI is InChI=1S/C12H17BrClN3/c1-15-17-6-4-2-3-5-11(17)9-7-10(13)12(14)16-8-9/h7-8,11,15H,2-6H2,1H3/t11-/m0/s1. The number of hydrogen-bond acceptors (Lipinski definition) is 3. The molecule has 0 aromatic carbocycles. The molecule has 1 aromatic heterocycles. The van der Waals surface area contributed by atoms with Crippen LogP contribution in [0.4, 0.5) is 0 Å². The summed E-state index contributed by atoms with van der Waals surface area (Å²) in [7, 11) is 1.98. The van der Waals surface area contributed by atoms with Crippen LogP contribution in [0.2, 0.25) is 5.15 Å². The molecule has 2 rings (SSSR count). The molecule has 0 bridgehead atoms. The van der Waals surface area contributed by atoms with Gasteiger partial charge in [-0.15, -0.1) is 0 Å². The van der Waals surface area contributed by atoms with Crippen LogP contribution >= 0.6 is 27.5 Å². The lowest BCUT2D eigenvalue weighted by Gasteiger charge is -2.29. The first-order chi connectivity index (χ1) is 8.22. The molecule has 1 aromatic rings. The van der Waals surface area contributed by atoms with Gasteiger partial charge in [-0.2, -0.15) is 0 Å². The zero-order valence-electron chi connectivity index (χ0n) is 9.92. The smallest absolute Gasteiger partial charge is 0.143 e. The topological polar surface area (TPSA) is 28.2 Å². The summed E-state index contributed by atoms with van der Waals surface area (Å²) in [5.41, 5.74) is 4.50. The number of rotatable bonds is 2. The van der Waals surface area contributed by atoms with Gasteiger partial charge in [0.25, 0.3) is 0 Å². The average Bonchev–Trinajstić information content (AvgIpc) is 2.57. The highest BCUT2D eigenvalue weighted by molar-refractivity contribution is 9.10. The van der Waals surface area contributed by atoms with E-state index < -0.39 is 0 Å². The predicted molar refractivity (Wildman–Crippen MR) is 73.9 cm³/mol. The third kappa shape index (κ3) is 3.19. The fourth-order valence-electron chi connectivity index (χ4n) is 2.34. The van der Waals surface area contributed by atoms with Crippen molar-refractivity contribution in [2.75, 3.05) is 13.6 Å². The average molecular weight is 319 g/mol. The Morgan fingerprint density at radius 1 is 1.47 bits per heavy atom. The molecule has 3 nitrogen and oxygen atoms in total. The van der Waals surface area contributed by atoms with E-state index in [4.69, 9.17) is 11.6 Å². The molecule has 1 aliphatic heterocycles. The first-order valence-electron chi connectivity index (χ1n) is 5.97. The molecule has 1 N–H and O–H groups in total. The van der Waals surface area contributed by atoms with Crippen LogP contribution in [0.25, 0.3) is 0 Å². The van der Waals surface area contributed by atoms with Crippen LogP contribution in [0.1, 0.15) is 37.3 Å². The molecular weight excluding hydrogens is 302 g/mol. The molecule has 0 radical (unpaired) electrons. The third-order valence-corrected chi connectivity index (χ3v) is 4.38. The van der Waals surface area contributed by atoms with Crippen molar-refractivity contribution in [2.45, 2.75) is 31.7 Å². The Bertz CT molecular complexity index is 386. The fraction of sp³-hybridized carbons (Fsp3) is 0.583. The molecule has 17 heavy (non-hydrogen) atoms. The summed E-state index contributed by atoms with van der Waals surface area (Å²) < 4.78 is 0.872. The van der Waals surface area contributed by atoms with Gasteiger partial charge in [0.1, 0.15) is 5.15 Å². The first kappa shape index (κ1) is 13.3. The van der Waals surface area contributed by atoms with Crippen molar-refractivity contribution in [3.05, 3.63) is 27.5 Å². The Kier molecular flexibility index (Phi) is 4.79. The van der Waals surface area contributed by atoms with E-state index in [-0.39, 0.29) is 0 Å². The largest absolute Gasteiger partial charge is 0.258 e. The van der Waals surface area contributed by atoms with Gasteiger partial charge < -0.3 is 0 Å². The van der Waals surface area contributed by atoms with E-state index in [2.05, 4.69) is 37.4 Å². The highest BCUT2D eigenvalue weighted by atomic mass is 79.9. The molecule has 0 unspecified atom stereocenters. The van der Waals surface area contributed by atoms with Gasteiger partial charge in [0.2, 0.25) is 0 Å². The Morgan fingerprint density at radius 2 is 2.29 bits per heavy atom. The number of halogens is 2. The summed E-state index contributed by atoms with van der Waals surface area (Å²) in [5.74, 6) is 0. The van der Waals surface area contributed by atoms with E-state index in [9.17, 15) is 0 Å². The maximum absolute atomic E-state index is 5.93. The van der Waals surface area contributed by atoms with Crippen molar-refractivity contribution in [1.82, 2.24) is 15.4 Å². The van der Waals surface area contributed by atoms with Crippen molar-refractivity contribution in [1.29, 1.82) is 0 Å². The zero-order chi connectivity index (χ0) is 12.3. The van der Waals surface area contributed by atoms with Gasteiger partial charge >= 0.3 is 0 Å². The molecular formula is C12H17BrClN3. The molecule has 1 aliphatic rings. The Hall–Kier alpha value is -0.160. The molecule has 0 saturated carbocycles. The number of aromatic nitrogens is 1. The van der Waals surface area contributed by atoms with Crippen molar-refractivity contribution >= 4 is 27.5 Å². The fourth-order valence-corrected chi connectivity index (χ4v) is 2.81. The second-order valence-electron chi connectivity index (χ2n) is 4.32. The van der Waals surface area contributed by atoms with E-state index in [0.717, 1.165) is 17.4 Å². The second-order valence-corrected chi connectivity index (χ2v) is 5.54. The Morgan fingerprint density at radius 3 is 3.00 bits per heavy atom. The Labute approximate surface area is 116 Å². The van der Waals surface area contributed by atoms with Gasteiger partial charge in [-0.1, -0.05) is 24.4 Å². The van der Waals surface area contributed by atoms with Crippen LogP contribution in [0.3, 0.4) is 0 Å². The van der Waals surface area contributed by atoms with Crippen molar-refractivity contribution in [3.8, 4) is 0 Å². The lowest BCUT2D eigenvalue weighted by atomic mass is 10.0. The molecule has 0 aliphatic carbocycles. The van der Waals surface area contributed by atoms with Gasteiger partial charge in [0.05, 0.1) is 10.5 Å². The lowest BCUT2D eigenvalue weighted by molar-refractivity contribution is 0.142. The van der Waals surface area contributed by atoms with Crippen LogP contribution in [0, 0.1) is 0 Å². The first-order valence-corrected chi connectivity index (χ1v) is 7.14. The quantitative estimate of drug-likeness (QED) is 0.845. The maximum Gasteiger partial charge on any atom is 0.143 e. The molecule has 2 heterocycles. The number of hydrazine groups is 1. The summed E-state index contributed by atoms with van der Waals surface area (Å²) in [6.07, 6.45) is 6.86. The summed E-state index contributed by atoms with van der Waals surface area (Å²) in [6.45, 7) is 1.08. The van der Waals surface area contributed by atoms with E-state index in [0.29, 0.717) is 11.2 Å². The van der Waals surface area contributed by atoms with Crippen LogP contribution in [0.5, 0.6) is 0 Å². The lowest BCUT2D eigenvalue weighted by Crippen LogP contribution is -2.38. The number of hydrogen-bond donors (Lipinski definition) is 1. The summed E-state index contributed by atoms with van der Waals surface area (Å²) >= 11 is 9.38. The number of nitrogens with one attached hydrogen (secondary N) is 1. The Balaban J connectivity index is 2.25. The highest BCUT2D eigenvalue weighted by Gasteiger charge is 2.22. The van der Waals surface area contributed by atoms with Gasteiger partial charge in [0, 0.05) is 12.7 Å². The summed E-state index contributed by atoms with van der Waals surface area (Å²) in [6, 6.07) is 2.47. The van der Waals surface area contributed by atoms with Crippen molar-refractivity contribution in [2.24, 2.45) is 0 Å². The van der Waals surface area contributed by atoms with E-state index >= 15 is 0 Å². The normalized spacial score (nSPS) is 22.4. The number of pyridine rings is 1. The monoisotopic (exact) mass is 317 g/mol. The van der Waals surface area contributed by atoms with Gasteiger partial charge in [0.15, 0.2) is 0 Å². The molecule has 1 saturated heterocycles. The third-order valence-electron chi connectivity index (χ3n) is 3.24. The maximum atomic E-state index is 5.93. The second kappa shape index (κ2) is 6.14. The van der Waals surface area contributed by atoms with Crippen molar-refractivity contribution in [3.63, 3.8) is 0 Å². The van der Waals surface area contributed by atoms with Crippen LogP contribution in [-0.4, -0.2) is 23.6 Å². The van der Waals surface area contributed by atoms with E-state index in [1.807, 2.05) is 13.2 Å². The zero-order valence-corrected chi connectivity index (χ0v) is 12.3. The van der Waals surface area contributed by atoms with E-state index in [1.54, 1.807) is 0 Å². The van der Waals surface area contributed by atoms with Crippen LogP contribution in [0.15, 0.2) is 16.7 Å². The molecule has 0 amide bonds. The molecule has 0 spiro atoms. The van der Waals surface area contributed by atoms with Gasteiger partial charge in [-0.05, 0) is 47.4 Å².